The summed E-state index contributed by atoms with van der Waals surface area (Å²) in [7, 11) is 0. The minimum absolute atomic E-state index is 0.0836. The van der Waals surface area contributed by atoms with Crippen molar-refractivity contribution in [2.45, 2.75) is 9.59 Å². The monoisotopic (exact) mass is 790 g/mol. The van der Waals surface area contributed by atoms with Crippen LogP contribution in [0.3, 0.4) is 0 Å². The minimum Gasteiger partial charge on any atom is -0.268 e. The quantitative estimate of drug-likeness (QED) is 0.0770. The van der Waals surface area contributed by atoms with Gasteiger partial charge in [0.1, 0.15) is 0 Å². The Kier molecular flexibility index (Phi) is 7.39. The Morgan fingerprint density at radius 2 is 1.24 bits per heavy atom. The van der Waals surface area contributed by atoms with Gasteiger partial charge in [0, 0.05) is 17.9 Å². The number of halogens is 4. The lowest BCUT2D eigenvalue weighted by Crippen LogP contribution is -2.29. The molecule has 0 unspecified atom stereocenters. The molecule has 188 valence electrons. The number of fused-ring (bicyclic) bond motifs is 2. The maximum atomic E-state index is 13.4. The van der Waals surface area contributed by atoms with Crippen molar-refractivity contribution < 1.29 is 9.59 Å². The zero-order chi connectivity index (χ0) is 26.6. The van der Waals surface area contributed by atoms with Crippen molar-refractivity contribution >= 4 is 115 Å². The first kappa shape index (κ1) is 26.4. The Hall–Kier alpha value is -1.82. The molecule has 5 aromatic rings. The van der Waals surface area contributed by atoms with Gasteiger partial charge < -0.3 is 0 Å². The first-order valence-electron chi connectivity index (χ1n) is 11.3. The largest absolute Gasteiger partial charge is 0.268 e. The molecule has 2 amide bonds. The summed E-state index contributed by atoms with van der Waals surface area (Å²) in [6.07, 6.45) is 0. The van der Waals surface area contributed by atoms with Gasteiger partial charge in [0.25, 0.3) is 11.8 Å². The van der Waals surface area contributed by atoms with Crippen molar-refractivity contribution in [1.82, 2.24) is 4.98 Å². The second kappa shape index (κ2) is 10.6. The van der Waals surface area contributed by atoms with Crippen LogP contribution in [-0.2, 0) is 0 Å². The number of aromatic nitrogens is 1. The highest BCUT2D eigenvalue weighted by atomic mass is 79.9. The molecule has 10 heteroatoms. The SMILES string of the molecule is O=C1c2c(Br)c(Br)c(Br)c(Br)c2C(=O)N1c1ccc2nc(SC(c3ccccc3)c3ccccc3)sc2c1. The van der Waals surface area contributed by atoms with E-state index in [9.17, 15) is 9.59 Å². The lowest BCUT2D eigenvalue weighted by molar-refractivity contribution is 0.0926. The molecule has 0 spiro atoms. The van der Waals surface area contributed by atoms with Crippen LogP contribution in [-0.4, -0.2) is 16.8 Å². The summed E-state index contributed by atoms with van der Waals surface area (Å²) in [5, 5.41) is 0.0836. The van der Waals surface area contributed by atoms with E-state index < -0.39 is 0 Å². The molecule has 0 radical (unpaired) electrons. The van der Waals surface area contributed by atoms with Gasteiger partial charge in [-0.15, -0.1) is 11.3 Å². The fourth-order valence-corrected chi connectivity index (χ4v) is 9.23. The third-order valence-corrected chi connectivity index (χ3v) is 13.3. The summed E-state index contributed by atoms with van der Waals surface area (Å²) in [4.78, 5) is 33.0. The van der Waals surface area contributed by atoms with Gasteiger partial charge in [0.2, 0.25) is 0 Å². The lowest BCUT2D eigenvalue weighted by atomic mass is 10.0. The molecule has 4 nitrogen and oxygen atoms in total. The molecule has 0 bridgehead atoms. The summed E-state index contributed by atoms with van der Waals surface area (Å²) in [6, 6.07) is 26.3. The van der Waals surface area contributed by atoms with Crippen LogP contribution in [0.5, 0.6) is 0 Å². The normalized spacial score (nSPS) is 13.1. The Bertz CT molecular complexity index is 1660. The van der Waals surface area contributed by atoms with E-state index in [1.165, 1.54) is 16.0 Å². The molecule has 1 aromatic heterocycles. The molecule has 0 atom stereocenters. The fraction of sp³-hybridized carbons (Fsp3) is 0.0357. The van der Waals surface area contributed by atoms with Gasteiger partial charge in [0.15, 0.2) is 4.34 Å². The molecular weight excluding hydrogens is 780 g/mol. The summed E-state index contributed by atoms with van der Waals surface area (Å²) in [5.41, 5.74) is 4.38. The summed E-state index contributed by atoms with van der Waals surface area (Å²) in [6.45, 7) is 0. The predicted octanol–water partition coefficient (Wildman–Crippen LogP) is 10.0. The van der Waals surface area contributed by atoms with Crippen molar-refractivity contribution in [3.8, 4) is 0 Å². The number of carbonyl (C=O) groups excluding carboxylic acids is 2. The first-order valence-corrected chi connectivity index (χ1v) is 16.1. The molecule has 1 aliphatic heterocycles. The van der Waals surface area contributed by atoms with Crippen LogP contribution in [0.25, 0.3) is 10.2 Å². The molecule has 38 heavy (non-hydrogen) atoms. The van der Waals surface area contributed by atoms with E-state index in [2.05, 4.69) is 88.0 Å². The van der Waals surface area contributed by atoms with E-state index in [-0.39, 0.29) is 17.1 Å². The number of hydrogen-bond acceptors (Lipinski definition) is 5. The Morgan fingerprint density at radius 3 is 1.76 bits per heavy atom. The smallest absolute Gasteiger partial charge is 0.267 e. The van der Waals surface area contributed by atoms with E-state index in [4.69, 9.17) is 4.98 Å². The van der Waals surface area contributed by atoms with E-state index >= 15 is 0 Å². The molecule has 6 rings (SSSR count). The van der Waals surface area contributed by atoms with Crippen LogP contribution >= 0.6 is 86.8 Å². The lowest BCUT2D eigenvalue weighted by Gasteiger charge is -2.16. The maximum absolute atomic E-state index is 13.4. The van der Waals surface area contributed by atoms with Gasteiger partial charge in [0.05, 0.1) is 32.3 Å². The second-order valence-electron chi connectivity index (χ2n) is 8.40. The van der Waals surface area contributed by atoms with Crippen LogP contribution in [0.15, 0.2) is 101 Å². The molecule has 0 N–H and O–H groups in total. The molecule has 4 aromatic carbocycles. The molecule has 0 fully saturated rings. The number of thiazole rings is 1. The maximum Gasteiger partial charge on any atom is 0.267 e. The summed E-state index contributed by atoms with van der Waals surface area (Å²) in [5.74, 6) is -0.755. The average molecular weight is 794 g/mol. The number of carbonyl (C=O) groups is 2. The van der Waals surface area contributed by atoms with Crippen molar-refractivity contribution in [2.75, 3.05) is 4.90 Å². The van der Waals surface area contributed by atoms with E-state index in [1.807, 2.05) is 48.5 Å². The number of thioether (sulfide) groups is 1. The van der Waals surface area contributed by atoms with Gasteiger partial charge in [-0.3, -0.25) is 9.59 Å². The number of benzene rings is 4. The van der Waals surface area contributed by atoms with Crippen LogP contribution in [0, 0.1) is 0 Å². The second-order valence-corrected chi connectivity index (χ2v) is 14.0. The molecule has 1 aliphatic rings. The van der Waals surface area contributed by atoms with Gasteiger partial charge in [-0.25, -0.2) is 9.88 Å². The molecular formula is C28H14Br4N2O2S2. The fourth-order valence-electron chi connectivity index (χ4n) is 4.35. The zero-order valence-corrected chi connectivity index (χ0v) is 27.1. The van der Waals surface area contributed by atoms with Crippen molar-refractivity contribution in [3.63, 3.8) is 0 Å². The predicted molar refractivity (Wildman–Crippen MR) is 169 cm³/mol. The molecule has 0 saturated carbocycles. The van der Waals surface area contributed by atoms with Gasteiger partial charge in [-0.1, -0.05) is 72.4 Å². The van der Waals surface area contributed by atoms with E-state index in [1.54, 1.807) is 29.2 Å². The molecule has 2 heterocycles. The number of hydrogen-bond donors (Lipinski definition) is 0. The third-order valence-electron chi connectivity index (χ3n) is 6.13. The minimum atomic E-state index is -0.377. The van der Waals surface area contributed by atoms with E-state index in [0.717, 1.165) is 14.6 Å². The molecule has 0 saturated heterocycles. The van der Waals surface area contributed by atoms with Crippen LogP contribution in [0.4, 0.5) is 5.69 Å². The van der Waals surface area contributed by atoms with Crippen LogP contribution in [0.2, 0.25) is 0 Å². The highest BCUT2D eigenvalue weighted by Crippen LogP contribution is 2.47. The average Bonchev–Trinajstić information content (AvgIpc) is 3.46. The number of rotatable bonds is 5. The van der Waals surface area contributed by atoms with Crippen molar-refractivity contribution in [1.29, 1.82) is 0 Å². The Balaban J connectivity index is 1.36. The first-order chi connectivity index (χ1) is 18.3. The zero-order valence-electron chi connectivity index (χ0n) is 19.1. The standard InChI is InChI=1S/C28H14Br4N2O2S2/c29-21-19-20(22(30)24(32)23(21)31)27(36)34(26(19)35)16-11-12-17-18(13-16)37-28(33-17)38-25(14-7-3-1-4-8-14)15-9-5-2-6-10-15/h1-13,25H. The summed E-state index contributed by atoms with van der Waals surface area (Å²) < 4.78 is 4.22. The number of amides is 2. The number of imide groups is 1. The van der Waals surface area contributed by atoms with Gasteiger partial charge in [-0.2, -0.15) is 0 Å². The topological polar surface area (TPSA) is 50.3 Å². The number of nitrogens with zero attached hydrogens (tertiary/aromatic N) is 2. The van der Waals surface area contributed by atoms with Gasteiger partial charge >= 0.3 is 0 Å². The third kappa shape index (κ3) is 4.53. The summed E-state index contributed by atoms with van der Waals surface area (Å²) >= 11 is 17.2. The van der Waals surface area contributed by atoms with Crippen LogP contribution < -0.4 is 4.90 Å². The highest BCUT2D eigenvalue weighted by Gasteiger charge is 2.42. The Labute approximate surface area is 260 Å². The number of anilines is 1. The molecule has 0 aliphatic carbocycles. The Morgan fingerprint density at radius 1 is 0.711 bits per heavy atom. The van der Waals surface area contributed by atoms with Crippen molar-refractivity contribution in [3.05, 3.63) is 119 Å². The van der Waals surface area contributed by atoms with Gasteiger partial charge in [-0.05, 0) is 93.0 Å². The van der Waals surface area contributed by atoms with Crippen LogP contribution in [0.1, 0.15) is 37.1 Å². The van der Waals surface area contributed by atoms with E-state index in [0.29, 0.717) is 34.7 Å². The highest BCUT2D eigenvalue weighted by molar-refractivity contribution is 9.15. The van der Waals surface area contributed by atoms with Crippen molar-refractivity contribution in [2.24, 2.45) is 0 Å².